The van der Waals surface area contributed by atoms with Crippen molar-refractivity contribution in [3.05, 3.63) is 46.0 Å². The Balaban J connectivity index is 2.68. The number of nitrogens with zero attached hydrogens (tertiary/aromatic N) is 1. The first-order chi connectivity index (χ1) is 10.0. The van der Waals surface area contributed by atoms with Gasteiger partial charge in [0.2, 0.25) is 0 Å². The van der Waals surface area contributed by atoms with Crippen molar-refractivity contribution >= 4 is 17.3 Å². The minimum atomic E-state index is -0.243. The van der Waals surface area contributed by atoms with Crippen LogP contribution in [0.5, 0.6) is 5.75 Å². The van der Waals surface area contributed by atoms with Gasteiger partial charge in [-0.25, -0.2) is 4.37 Å². The van der Waals surface area contributed by atoms with Gasteiger partial charge in [-0.05, 0) is 34.5 Å². The zero-order chi connectivity index (χ0) is 16.7. The zero-order valence-electron chi connectivity index (χ0n) is 14.0. The minimum absolute atomic E-state index is 0.0512. The Kier molecular flexibility index (Phi) is 4.18. The number of ketones is 1. The van der Waals surface area contributed by atoms with Crippen molar-refractivity contribution in [3.63, 3.8) is 0 Å². The zero-order valence-corrected chi connectivity index (χ0v) is 14.8. The van der Waals surface area contributed by atoms with E-state index in [9.17, 15) is 9.90 Å². The van der Waals surface area contributed by atoms with Crippen LogP contribution >= 0.6 is 11.5 Å². The summed E-state index contributed by atoms with van der Waals surface area (Å²) >= 11 is 1.27. The highest BCUT2D eigenvalue weighted by molar-refractivity contribution is 7.03. The van der Waals surface area contributed by atoms with Crippen LogP contribution in [0.2, 0.25) is 0 Å². The number of benzene rings is 1. The molecule has 1 heterocycles. The van der Waals surface area contributed by atoms with Crippen molar-refractivity contribution in [3.8, 4) is 5.75 Å². The molecule has 2 aromatic rings. The number of hydrogen-bond donors (Lipinski definition) is 1. The summed E-state index contributed by atoms with van der Waals surface area (Å²) in [4.78, 5) is 12.7. The predicted octanol–water partition coefficient (Wildman–Crippen LogP) is 4.67. The van der Waals surface area contributed by atoms with Crippen molar-refractivity contribution in [2.45, 2.75) is 52.4 Å². The molecule has 3 nitrogen and oxygen atoms in total. The molecule has 1 aromatic carbocycles. The molecule has 0 bridgehead atoms. The molecule has 0 unspecified atom stereocenters. The second-order valence-corrected chi connectivity index (χ2v) is 8.32. The van der Waals surface area contributed by atoms with E-state index in [1.54, 1.807) is 11.6 Å². The van der Waals surface area contributed by atoms with E-state index in [-0.39, 0.29) is 16.6 Å². The second-order valence-electron chi connectivity index (χ2n) is 7.66. The average Bonchev–Trinajstić information content (AvgIpc) is 2.89. The monoisotopic (exact) mass is 317 g/mol. The molecule has 4 heteroatoms. The van der Waals surface area contributed by atoms with Crippen LogP contribution in [0, 0.1) is 0 Å². The standard InChI is InChI=1S/C18H23NO2S/c1-17(2,3)13-7-11(15(20)12-9-19-22-10-12)8-14(16(13)21)18(4,5)6/h7-10,21H,1-6H3. The van der Waals surface area contributed by atoms with Crippen molar-refractivity contribution < 1.29 is 9.90 Å². The van der Waals surface area contributed by atoms with Gasteiger partial charge in [0.15, 0.2) is 5.78 Å². The lowest BCUT2D eigenvalue weighted by atomic mass is 9.78. The van der Waals surface area contributed by atoms with Gasteiger partial charge in [0.25, 0.3) is 0 Å². The summed E-state index contributed by atoms with van der Waals surface area (Å²) in [5, 5.41) is 12.4. The molecule has 22 heavy (non-hydrogen) atoms. The van der Waals surface area contributed by atoms with Gasteiger partial charge in [-0.3, -0.25) is 4.79 Å². The molecule has 1 N–H and O–H groups in total. The van der Waals surface area contributed by atoms with E-state index in [0.29, 0.717) is 16.9 Å². The van der Waals surface area contributed by atoms with Crippen LogP contribution in [0.1, 0.15) is 68.6 Å². The summed E-state index contributed by atoms with van der Waals surface area (Å²) in [6.45, 7) is 12.2. The first-order valence-corrected chi connectivity index (χ1v) is 8.17. The maximum Gasteiger partial charge on any atom is 0.195 e. The van der Waals surface area contributed by atoms with E-state index in [2.05, 4.69) is 4.37 Å². The van der Waals surface area contributed by atoms with Crippen molar-refractivity contribution in [1.29, 1.82) is 0 Å². The van der Waals surface area contributed by atoms with Gasteiger partial charge in [-0.1, -0.05) is 41.5 Å². The van der Waals surface area contributed by atoms with Crippen LogP contribution in [0.4, 0.5) is 0 Å². The van der Waals surface area contributed by atoms with E-state index in [1.165, 1.54) is 11.5 Å². The van der Waals surface area contributed by atoms with Crippen LogP contribution in [0.25, 0.3) is 0 Å². The van der Waals surface area contributed by atoms with Gasteiger partial charge in [0.1, 0.15) is 5.75 Å². The summed E-state index contributed by atoms with van der Waals surface area (Å²) in [6, 6.07) is 3.62. The van der Waals surface area contributed by atoms with E-state index >= 15 is 0 Å². The van der Waals surface area contributed by atoms with Crippen LogP contribution in [-0.4, -0.2) is 15.3 Å². The Labute approximate surface area is 136 Å². The molecule has 0 aliphatic rings. The highest BCUT2D eigenvalue weighted by Gasteiger charge is 2.28. The molecule has 0 radical (unpaired) electrons. The molecular weight excluding hydrogens is 294 g/mol. The molecule has 118 valence electrons. The number of aromatic hydroxyl groups is 1. The molecule has 0 fully saturated rings. The maximum atomic E-state index is 12.7. The van der Waals surface area contributed by atoms with E-state index < -0.39 is 0 Å². The lowest BCUT2D eigenvalue weighted by Crippen LogP contribution is -2.19. The Hall–Kier alpha value is -1.68. The van der Waals surface area contributed by atoms with E-state index in [0.717, 1.165) is 11.1 Å². The molecule has 0 amide bonds. The number of carbonyl (C=O) groups excluding carboxylic acids is 1. The molecule has 1 aromatic heterocycles. The largest absolute Gasteiger partial charge is 0.507 e. The Morgan fingerprint density at radius 2 is 1.50 bits per heavy atom. The van der Waals surface area contributed by atoms with Gasteiger partial charge in [-0.2, -0.15) is 0 Å². The topological polar surface area (TPSA) is 50.2 Å². The third-order valence-corrected chi connectivity index (χ3v) is 4.27. The molecule has 0 saturated heterocycles. The van der Waals surface area contributed by atoms with Crippen LogP contribution < -0.4 is 0 Å². The SMILES string of the molecule is CC(C)(C)c1cc(C(=O)c2cnsc2)cc(C(C)(C)C)c1O. The fourth-order valence-electron chi connectivity index (χ4n) is 2.39. The molecule has 0 atom stereocenters. The summed E-state index contributed by atoms with van der Waals surface area (Å²) in [7, 11) is 0. The number of rotatable bonds is 2. The predicted molar refractivity (Wildman–Crippen MR) is 91.1 cm³/mol. The minimum Gasteiger partial charge on any atom is -0.507 e. The molecule has 0 aliphatic carbocycles. The first kappa shape index (κ1) is 16.7. The lowest BCUT2D eigenvalue weighted by molar-refractivity contribution is 0.103. The van der Waals surface area contributed by atoms with E-state index in [4.69, 9.17) is 0 Å². The highest BCUT2D eigenvalue weighted by Crippen LogP contribution is 2.40. The van der Waals surface area contributed by atoms with Crippen molar-refractivity contribution in [2.75, 3.05) is 0 Å². The third kappa shape index (κ3) is 3.22. The molecular formula is C18H23NO2S. The van der Waals surface area contributed by atoms with Crippen LogP contribution in [-0.2, 0) is 10.8 Å². The Morgan fingerprint density at radius 3 is 1.86 bits per heavy atom. The van der Waals surface area contributed by atoms with Crippen LogP contribution in [0.3, 0.4) is 0 Å². The van der Waals surface area contributed by atoms with Crippen molar-refractivity contribution in [2.24, 2.45) is 0 Å². The smallest absolute Gasteiger partial charge is 0.195 e. The molecule has 0 aliphatic heterocycles. The fourth-order valence-corrected chi connectivity index (χ4v) is 2.91. The van der Waals surface area contributed by atoms with Gasteiger partial charge in [0.05, 0.1) is 11.8 Å². The summed E-state index contributed by atoms with van der Waals surface area (Å²) in [5.41, 5.74) is 2.31. The summed E-state index contributed by atoms with van der Waals surface area (Å²) in [5.74, 6) is 0.241. The highest BCUT2D eigenvalue weighted by atomic mass is 32.1. The lowest BCUT2D eigenvalue weighted by Gasteiger charge is -2.28. The average molecular weight is 317 g/mol. The number of aromatic nitrogens is 1. The summed E-state index contributed by atoms with van der Waals surface area (Å²) in [6.07, 6.45) is 1.59. The molecule has 2 rings (SSSR count). The number of phenols is 1. The number of hydrogen-bond acceptors (Lipinski definition) is 4. The van der Waals surface area contributed by atoms with Gasteiger partial charge >= 0.3 is 0 Å². The quantitative estimate of drug-likeness (QED) is 0.819. The molecule has 0 saturated carbocycles. The third-order valence-electron chi connectivity index (χ3n) is 3.68. The number of carbonyl (C=O) groups is 1. The van der Waals surface area contributed by atoms with Gasteiger partial charge in [-0.15, -0.1) is 0 Å². The van der Waals surface area contributed by atoms with Crippen LogP contribution in [0.15, 0.2) is 23.7 Å². The van der Waals surface area contributed by atoms with Gasteiger partial charge in [0, 0.05) is 22.1 Å². The normalized spacial score (nSPS) is 12.5. The maximum absolute atomic E-state index is 12.7. The first-order valence-electron chi connectivity index (χ1n) is 7.34. The molecule has 0 spiro atoms. The Morgan fingerprint density at radius 1 is 1.00 bits per heavy atom. The summed E-state index contributed by atoms with van der Waals surface area (Å²) < 4.78 is 4.00. The van der Waals surface area contributed by atoms with E-state index in [1.807, 2.05) is 53.7 Å². The number of phenolic OH excluding ortho intramolecular Hbond substituents is 1. The second kappa shape index (κ2) is 5.51. The van der Waals surface area contributed by atoms with Gasteiger partial charge < -0.3 is 5.11 Å². The Bertz CT molecular complexity index is 654. The fraction of sp³-hybridized carbons (Fsp3) is 0.444. The van der Waals surface area contributed by atoms with Crippen molar-refractivity contribution in [1.82, 2.24) is 4.37 Å².